The zero-order chi connectivity index (χ0) is 24.9. The van der Waals surface area contributed by atoms with Gasteiger partial charge < -0.3 is 10.2 Å². The summed E-state index contributed by atoms with van der Waals surface area (Å²) in [5.41, 5.74) is 0.976. The lowest BCUT2D eigenvalue weighted by atomic mass is 10.1. The molecule has 0 saturated carbocycles. The summed E-state index contributed by atoms with van der Waals surface area (Å²) < 4.78 is 26.7. The summed E-state index contributed by atoms with van der Waals surface area (Å²) in [7, 11) is -3.79. The maximum absolute atomic E-state index is 13.4. The molecule has 2 aromatic carbocycles. The van der Waals surface area contributed by atoms with Crippen LogP contribution in [0.4, 0.5) is 5.69 Å². The van der Waals surface area contributed by atoms with Gasteiger partial charge in [-0.25, -0.2) is 8.42 Å². The van der Waals surface area contributed by atoms with Crippen LogP contribution in [0.2, 0.25) is 10.0 Å². The Labute approximate surface area is 213 Å². The van der Waals surface area contributed by atoms with E-state index in [1.54, 1.807) is 49.4 Å². The van der Waals surface area contributed by atoms with Crippen molar-refractivity contribution in [3.8, 4) is 0 Å². The lowest BCUT2D eigenvalue weighted by Gasteiger charge is -2.32. The first-order valence-electron chi connectivity index (χ1n) is 10.1. The van der Waals surface area contributed by atoms with Crippen molar-refractivity contribution < 1.29 is 18.0 Å². The van der Waals surface area contributed by atoms with Crippen molar-refractivity contribution in [1.82, 2.24) is 10.2 Å². The molecule has 0 spiro atoms. The molecule has 0 aromatic heterocycles. The third-order valence-corrected chi connectivity index (χ3v) is 7.08. The van der Waals surface area contributed by atoms with Crippen LogP contribution < -0.4 is 9.62 Å². The van der Waals surface area contributed by atoms with E-state index in [2.05, 4.69) is 21.2 Å². The van der Waals surface area contributed by atoms with E-state index in [1.807, 2.05) is 13.8 Å². The second-order valence-electron chi connectivity index (χ2n) is 7.86. The minimum absolute atomic E-state index is 0.0402. The standard InChI is InChI=1S/C22H26BrCl2N3O4S/c1-14(2)26-22(30)15(3)27(12-16-8-9-19(24)20(25)10-16)21(29)13-28(33(4,31)32)18-7-5-6-17(23)11-18/h5-11,14-15H,12-13H2,1-4H3,(H,26,30). The summed E-state index contributed by atoms with van der Waals surface area (Å²) in [6.45, 7) is 4.79. The first-order chi connectivity index (χ1) is 15.3. The Bertz CT molecular complexity index is 1130. The maximum atomic E-state index is 13.4. The van der Waals surface area contributed by atoms with Crippen molar-refractivity contribution >= 4 is 66.7 Å². The molecule has 7 nitrogen and oxygen atoms in total. The van der Waals surface area contributed by atoms with Crippen LogP contribution >= 0.6 is 39.1 Å². The molecule has 2 rings (SSSR count). The number of nitrogens with one attached hydrogen (secondary N) is 1. The van der Waals surface area contributed by atoms with E-state index >= 15 is 0 Å². The van der Waals surface area contributed by atoms with Crippen molar-refractivity contribution in [2.75, 3.05) is 17.1 Å². The van der Waals surface area contributed by atoms with E-state index in [4.69, 9.17) is 23.2 Å². The summed E-state index contributed by atoms with van der Waals surface area (Å²) in [4.78, 5) is 27.5. The van der Waals surface area contributed by atoms with E-state index in [0.29, 0.717) is 25.8 Å². The second kappa shape index (κ2) is 11.6. The number of hydrogen-bond acceptors (Lipinski definition) is 4. The largest absolute Gasteiger partial charge is 0.352 e. The Balaban J connectivity index is 2.41. The van der Waals surface area contributed by atoms with Gasteiger partial charge in [0.25, 0.3) is 0 Å². The monoisotopic (exact) mass is 577 g/mol. The smallest absolute Gasteiger partial charge is 0.244 e. The molecule has 2 aromatic rings. The minimum Gasteiger partial charge on any atom is -0.352 e. The Hall–Kier alpha value is -1.81. The van der Waals surface area contributed by atoms with Crippen LogP contribution in [-0.4, -0.2) is 50.0 Å². The highest BCUT2D eigenvalue weighted by Crippen LogP contribution is 2.25. The lowest BCUT2D eigenvalue weighted by molar-refractivity contribution is -0.139. The molecule has 1 unspecified atom stereocenters. The molecule has 0 radical (unpaired) electrons. The van der Waals surface area contributed by atoms with E-state index < -0.39 is 28.5 Å². The molecule has 1 atom stereocenters. The van der Waals surface area contributed by atoms with E-state index in [-0.39, 0.29) is 18.5 Å². The fraction of sp³-hybridized carbons (Fsp3) is 0.364. The topological polar surface area (TPSA) is 86.8 Å². The van der Waals surface area contributed by atoms with Crippen molar-refractivity contribution in [3.05, 3.63) is 62.5 Å². The third kappa shape index (κ3) is 7.88. The number of nitrogens with zero attached hydrogens (tertiary/aromatic N) is 2. The van der Waals surface area contributed by atoms with Gasteiger partial charge in [0.2, 0.25) is 21.8 Å². The van der Waals surface area contributed by atoms with Gasteiger partial charge in [-0.2, -0.15) is 0 Å². The molecule has 0 aliphatic carbocycles. The number of benzene rings is 2. The molecule has 0 aliphatic heterocycles. The summed E-state index contributed by atoms with van der Waals surface area (Å²) in [6.07, 6.45) is 1.03. The normalized spacial score (nSPS) is 12.4. The van der Waals surface area contributed by atoms with Gasteiger partial charge in [-0.1, -0.05) is 51.3 Å². The molecule has 33 heavy (non-hydrogen) atoms. The highest BCUT2D eigenvalue weighted by molar-refractivity contribution is 9.10. The second-order valence-corrected chi connectivity index (χ2v) is 11.5. The average Bonchev–Trinajstić information content (AvgIpc) is 2.70. The summed E-state index contributed by atoms with van der Waals surface area (Å²) in [6, 6.07) is 10.5. The van der Waals surface area contributed by atoms with Crippen molar-refractivity contribution in [3.63, 3.8) is 0 Å². The van der Waals surface area contributed by atoms with Gasteiger partial charge in [0.1, 0.15) is 12.6 Å². The van der Waals surface area contributed by atoms with Crippen LogP contribution in [0.15, 0.2) is 46.9 Å². The average molecular weight is 579 g/mol. The van der Waals surface area contributed by atoms with Crippen molar-refractivity contribution in [2.24, 2.45) is 0 Å². The number of halogens is 3. The number of sulfonamides is 1. The first-order valence-corrected chi connectivity index (χ1v) is 13.5. The molecule has 0 aliphatic rings. The van der Waals surface area contributed by atoms with Gasteiger partial charge in [0, 0.05) is 17.1 Å². The highest BCUT2D eigenvalue weighted by atomic mass is 79.9. The van der Waals surface area contributed by atoms with Crippen LogP contribution in [0.25, 0.3) is 0 Å². The van der Waals surface area contributed by atoms with Crippen molar-refractivity contribution in [2.45, 2.75) is 39.4 Å². The summed E-state index contributed by atoms with van der Waals surface area (Å²) >= 11 is 15.4. The van der Waals surface area contributed by atoms with Gasteiger partial charge in [-0.3, -0.25) is 13.9 Å². The lowest BCUT2D eigenvalue weighted by Crippen LogP contribution is -2.52. The first kappa shape index (κ1) is 27.4. The molecular weight excluding hydrogens is 553 g/mol. The van der Waals surface area contributed by atoms with Crippen LogP contribution in [0.3, 0.4) is 0 Å². The fourth-order valence-electron chi connectivity index (χ4n) is 3.07. The molecule has 2 amide bonds. The number of rotatable bonds is 9. The molecule has 0 saturated heterocycles. The highest BCUT2D eigenvalue weighted by Gasteiger charge is 2.30. The minimum atomic E-state index is -3.79. The Morgan fingerprint density at radius 3 is 2.27 bits per heavy atom. The SMILES string of the molecule is CC(C)NC(=O)C(C)N(Cc1ccc(Cl)c(Cl)c1)C(=O)CN(c1cccc(Br)c1)S(C)(=O)=O. The van der Waals surface area contributed by atoms with Crippen LogP contribution in [0.1, 0.15) is 26.3 Å². The molecule has 0 fully saturated rings. The number of carbonyl (C=O) groups excluding carboxylic acids is 2. The quantitative estimate of drug-likeness (QED) is 0.476. The van der Waals surface area contributed by atoms with Crippen molar-refractivity contribution in [1.29, 1.82) is 0 Å². The third-order valence-electron chi connectivity index (χ3n) is 4.71. The molecule has 0 heterocycles. The van der Waals surface area contributed by atoms with Gasteiger partial charge in [0.05, 0.1) is 22.0 Å². The van der Waals surface area contributed by atoms with Gasteiger partial charge in [-0.05, 0) is 56.7 Å². The van der Waals surface area contributed by atoms with E-state index in [0.717, 1.165) is 10.6 Å². The van der Waals surface area contributed by atoms with Gasteiger partial charge >= 0.3 is 0 Å². The summed E-state index contributed by atoms with van der Waals surface area (Å²) in [5, 5.41) is 3.46. The predicted octanol–water partition coefficient (Wildman–Crippen LogP) is 4.46. The zero-order valence-electron chi connectivity index (χ0n) is 18.7. The Morgan fingerprint density at radius 1 is 1.06 bits per heavy atom. The van der Waals surface area contributed by atoms with Crippen LogP contribution in [0.5, 0.6) is 0 Å². The molecule has 0 bridgehead atoms. The van der Waals surface area contributed by atoms with E-state index in [1.165, 1.54) is 4.90 Å². The number of carbonyl (C=O) groups is 2. The fourth-order valence-corrected chi connectivity index (χ4v) is 4.62. The molecule has 1 N–H and O–H groups in total. The zero-order valence-corrected chi connectivity index (χ0v) is 22.6. The molecule has 180 valence electrons. The predicted molar refractivity (Wildman–Crippen MR) is 136 cm³/mol. The Morgan fingerprint density at radius 2 is 1.73 bits per heavy atom. The number of anilines is 1. The number of amides is 2. The summed E-state index contributed by atoms with van der Waals surface area (Å²) in [5.74, 6) is -0.898. The molecular formula is C22H26BrCl2N3O4S. The van der Waals surface area contributed by atoms with Crippen LogP contribution in [0, 0.1) is 0 Å². The van der Waals surface area contributed by atoms with Gasteiger partial charge in [0.15, 0.2) is 0 Å². The van der Waals surface area contributed by atoms with Crippen LogP contribution in [-0.2, 0) is 26.2 Å². The van der Waals surface area contributed by atoms with E-state index in [9.17, 15) is 18.0 Å². The molecule has 11 heteroatoms. The number of hydrogen-bond donors (Lipinski definition) is 1. The van der Waals surface area contributed by atoms with Gasteiger partial charge in [-0.15, -0.1) is 0 Å². The maximum Gasteiger partial charge on any atom is 0.244 e. The Kier molecular flexibility index (Phi) is 9.60.